The number of nitrogens with zero attached hydrogens (tertiary/aromatic N) is 1. The number of guanidine groups is 1. The lowest BCUT2D eigenvalue weighted by Crippen LogP contribution is -2.36. The Kier molecular flexibility index (Phi) is 6.26. The number of phenols is 1. The maximum Gasteiger partial charge on any atom is 0.573 e. The topological polar surface area (TPSA) is 65.9 Å². The standard InChI is InChI=1S/C17H17F4N3O2/c1-22-16(23-9-11-6-7-14(25)13(18)8-11)24-10-12-4-2-3-5-15(12)26-17(19,20)21/h2-8,25H,9-10H2,1H3,(H2,22,23,24). The van der Waals surface area contributed by atoms with Crippen LogP contribution in [-0.2, 0) is 13.1 Å². The molecule has 2 aromatic rings. The van der Waals surface area contributed by atoms with E-state index in [1.54, 1.807) is 6.07 Å². The summed E-state index contributed by atoms with van der Waals surface area (Å²) in [5.74, 6) is -1.19. The van der Waals surface area contributed by atoms with Crippen LogP contribution in [-0.4, -0.2) is 24.5 Å². The Bertz CT molecular complexity index is 779. The predicted octanol–water partition coefficient (Wildman–Crippen LogP) is 3.30. The van der Waals surface area contributed by atoms with Crippen LogP contribution in [0.4, 0.5) is 17.6 Å². The summed E-state index contributed by atoms with van der Waals surface area (Å²) in [6, 6.07) is 9.68. The van der Waals surface area contributed by atoms with Gasteiger partial charge < -0.3 is 20.5 Å². The van der Waals surface area contributed by atoms with Crippen molar-refractivity contribution in [3.63, 3.8) is 0 Å². The number of phenolic OH excluding ortho intramolecular Hbond substituents is 1. The molecule has 0 saturated carbocycles. The van der Waals surface area contributed by atoms with Crippen molar-refractivity contribution in [3.8, 4) is 11.5 Å². The number of rotatable bonds is 5. The molecule has 3 N–H and O–H groups in total. The first kappa shape index (κ1) is 19.4. The summed E-state index contributed by atoms with van der Waals surface area (Å²) in [7, 11) is 1.49. The van der Waals surface area contributed by atoms with Gasteiger partial charge in [-0.1, -0.05) is 24.3 Å². The molecule has 0 saturated heterocycles. The number of aromatic hydroxyl groups is 1. The molecule has 0 bridgehead atoms. The first-order valence-electron chi connectivity index (χ1n) is 7.54. The predicted molar refractivity (Wildman–Crippen MR) is 88.2 cm³/mol. The number of aliphatic imine (C=N–C) groups is 1. The highest BCUT2D eigenvalue weighted by atomic mass is 19.4. The fourth-order valence-electron chi connectivity index (χ4n) is 2.12. The van der Waals surface area contributed by atoms with Crippen LogP contribution < -0.4 is 15.4 Å². The molecule has 0 aliphatic carbocycles. The number of para-hydroxylation sites is 1. The van der Waals surface area contributed by atoms with Gasteiger partial charge in [-0.05, 0) is 23.8 Å². The number of nitrogens with one attached hydrogen (secondary N) is 2. The lowest BCUT2D eigenvalue weighted by molar-refractivity contribution is -0.274. The minimum absolute atomic E-state index is 0.0376. The van der Waals surface area contributed by atoms with Crippen LogP contribution in [0.25, 0.3) is 0 Å². The Morgan fingerprint density at radius 2 is 1.81 bits per heavy atom. The van der Waals surface area contributed by atoms with E-state index < -0.39 is 17.9 Å². The van der Waals surface area contributed by atoms with E-state index in [0.29, 0.717) is 17.1 Å². The van der Waals surface area contributed by atoms with Crippen LogP contribution in [0, 0.1) is 5.82 Å². The summed E-state index contributed by atoms with van der Waals surface area (Å²) in [6.45, 7) is 0.243. The smallest absolute Gasteiger partial charge is 0.505 e. The van der Waals surface area contributed by atoms with Crippen LogP contribution in [0.5, 0.6) is 11.5 Å². The lowest BCUT2D eigenvalue weighted by Gasteiger charge is -2.15. The van der Waals surface area contributed by atoms with Gasteiger partial charge in [0.15, 0.2) is 17.5 Å². The summed E-state index contributed by atoms with van der Waals surface area (Å²) in [5, 5.41) is 14.9. The van der Waals surface area contributed by atoms with Crippen molar-refractivity contribution in [2.75, 3.05) is 7.05 Å². The number of benzene rings is 2. The molecule has 0 radical (unpaired) electrons. The minimum atomic E-state index is -4.78. The van der Waals surface area contributed by atoms with Gasteiger partial charge in [-0.2, -0.15) is 0 Å². The van der Waals surface area contributed by atoms with E-state index in [1.807, 2.05) is 0 Å². The fourth-order valence-corrected chi connectivity index (χ4v) is 2.12. The summed E-state index contributed by atoms with van der Waals surface area (Å²) in [5.41, 5.74) is 0.854. The molecular weight excluding hydrogens is 354 g/mol. The SMILES string of the molecule is CN=C(NCc1ccc(O)c(F)c1)NCc1ccccc1OC(F)(F)F. The van der Waals surface area contributed by atoms with Crippen LogP contribution in [0.2, 0.25) is 0 Å². The Balaban J connectivity index is 1.96. The zero-order valence-electron chi connectivity index (χ0n) is 13.8. The molecule has 0 aliphatic heterocycles. The third-order valence-corrected chi connectivity index (χ3v) is 3.34. The molecule has 0 spiro atoms. The molecule has 5 nitrogen and oxygen atoms in total. The van der Waals surface area contributed by atoms with E-state index in [4.69, 9.17) is 5.11 Å². The van der Waals surface area contributed by atoms with Crippen molar-refractivity contribution in [1.29, 1.82) is 0 Å². The van der Waals surface area contributed by atoms with Gasteiger partial charge in [-0.25, -0.2) is 4.39 Å². The second-order valence-corrected chi connectivity index (χ2v) is 5.22. The van der Waals surface area contributed by atoms with E-state index >= 15 is 0 Å². The van der Waals surface area contributed by atoms with Crippen LogP contribution in [0.15, 0.2) is 47.5 Å². The Morgan fingerprint density at radius 1 is 1.12 bits per heavy atom. The van der Waals surface area contributed by atoms with Gasteiger partial charge in [-0.15, -0.1) is 13.2 Å². The zero-order chi connectivity index (χ0) is 19.2. The third-order valence-electron chi connectivity index (χ3n) is 3.34. The van der Waals surface area contributed by atoms with Crippen LogP contribution >= 0.6 is 0 Å². The third kappa shape index (κ3) is 5.83. The van der Waals surface area contributed by atoms with E-state index in [9.17, 15) is 17.6 Å². The second kappa shape index (κ2) is 8.41. The Morgan fingerprint density at radius 3 is 2.46 bits per heavy atom. The summed E-state index contributed by atoms with van der Waals surface area (Å²) in [6.07, 6.45) is -4.78. The van der Waals surface area contributed by atoms with Crippen molar-refractivity contribution < 1.29 is 27.4 Å². The quantitative estimate of drug-likeness (QED) is 0.429. The number of ether oxygens (including phenoxy) is 1. The van der Waals surface area contributed by atoms with E-state index in [1.165, 1.54) is 43.4 Å². The highest BCUT2D eigenvalue weighted by Crippen LogP contribution is 2.26. The monoisotopic (exact) mass is 371 g/mol. The van der Waals surface area contributed by atoms with Crippen LogP contribution in [0.3, 0.4) is 0 Å². The number of alkyl halides is 3. The largest absolute Gasteiger partial charge is 0.573 e. The van der Waals surface area contributed by atoms with Gasteiger partial charge >= 0.3 is 6.36 Å². The van der Waals surface area contributed by atoms with Gasteiger partial charge in [-0.3, -0.25) is 4.99 Å². The number of hydrogen-bond donors (Lipinski definition) is 3. The highest BCUT2D eigenvalue weighted by Gasteiger charge is 2.31. The molecule has 0 aromatic heterocycles. The van der Waals surface area contributed by atoms with Gasteiger partial charge in [0.05, 0.1) is 0 Å². The zero-order valence-corrected chi connectivity index (χ0v) is 13.8. The average molecular weight is 371 g/mol. The number of halogens is 4. The van der Waals surface area contributed by atoms with Crippen molar-refractivity contribution in [2.24, 2.45) is 4.99 Å². The first-order chi connectivity index (χ1) is 12.3. The first-order valence-corrected chi connectivity index (χ1v) is 7.54. The molecule has 0 fully saturated rings. The van der Waals surface area contributed by atoms with E-state index in [-0.39, 0.29) is 18.8 Å². The van der Waals surface area contributed by atoms with Crippen LogP contribution in [0.1, 0.15) is 11.1 Å². The Hall–Kier alpha value is -2.97. The van der Waals surface area contributed by atoms with E-state index in [0.717, 1.165) is 0 Å². The van der Waals surface area contributed by atoms with Crippen molar-refractivity contribution in [3.05, 3.63) is 59.4 Å². The molecule has 0 amide bonds. The van der Waals surface area contributed by atoms with E-state index in [2.05, 4.69) is 20.4 Å². The summed E-state index contributed by atoms with van der Waals surface area (Å²) >= 11 is 0. The minimum Gasteiger partial charge on any atom is -0.505 e. The summed E-state index contributed by atoms with van der Waals surface area (Å²) in [4.78, 5) is 3.95. The lowest BCUT2D eigenvalue weighted by atomic mass is 10.2. The molecule has 0 aliphatic rings. The molecule has 140 valence electrons. The molecule has 0 unspecified atom stereocenters. The van der Waals surface area contributed by atoms with Crippen molar-refractivity contribution in [1.82, 2.24) is 10.6 Å². The molecular formula is C17H17F4N3O2. The van der Waals surface area contributed by atoms with Gasteiger partial charge in [0, 0.05) is 25.7 Å². The molecule has 2 rings (SSSR count). The van der Waals surface area contributed by atoms with Crippen molar-refractivity contribution >= 4 is 5.96 Å². The maximum absolute atomic E-state index is 13.3. The normalized spacial score (nSPS) is 12.0. The molecule has 2 aromatic carbocycles. The molecule has 0 heterocycles. The fraction of sp³-hybridized carbons (Fsp3) is 0.235. The second-order valence-electron chi connectivity index (χ2n) is 5.22. The average Bonchev–Trinajstić information content (AvgIpc) is 2.58. The highest BCUT2D eigenvalue weighted by molar-refractivity contribution is 5.79. The molecule has 26 heavy (non-hydrogen) atoms. The van der Waals surface area contributed by atoms with Gasteiger partial charge in [0.2, 0.25) is 0 Å². The number of hydrogen-bond acceptors (Lipinski definition) is 3. The van der Waals surface area contributed by atoms with Gasteiger partial charge in [0.1, 0.15) is 5.75 Å². The summed E-state index contributed by atoms with van der Waals surface area (Å²) < 4.78 is 54.6. The van der Waals surface area contributed by atoms with Gasteiger partial charge in [0.25, 0.3) is 0 Å². The maximum atomic E-state index is 13.3. The molecule has 9 heteroatoms. The van der Waals surface area contributed by atoms with Crippen molar-refractivity contribution in [2.45, 2.75) is 19.5 Å². The molecule has 0 atom stereocenters. The Labute approximate surface area is 147 Å².